The van der Waals surface area contributed by atoms with Crippen molar-refractivity contribution in [2.24, 2.45) is 0 Å². The number of rotatable bonds is 7. The van der Waals surface area contributed by atoms with Crippen LogP contribution in [-0.4, -0.2) is 40.3 Å². The molecule has 3 aromatic heterocycles. The Morgan fingerprint density at radius 3 is 2.45 bits per heavy atom. The SMILES string of the molecule is CCc1cc(C(=O)NCc2ccc(-c3nc(N(C)C)ncc3-c3onc(C)c3C)cc2)no1. The molecule has 9 heteroatoms. The predicted octanol–water partition coefficient (Wildman–Crippen LogP) is 3.96. The number of nitrogens with zero attached hydrogens (tertiary/aromatic N) is 5. The van der Waals surface area contributed by atoms with E-state index in [0.717, 1.165) is 33.6 Å². The highest BCUT2D eigenvalue weighted by Crippen LogP contribution is 2.34. The Bertz CT molecular complexity index is 1270. The molecule has 3 heterocycles. The second-order valence-electron chi connectivity index (χ2n) is 7.96. The van der Waals surface area contributed by atoms with Gasteiger partial charge in [0.25, 0.3) is 5.91 Å². The number of benzene rings is 1. The van der Waals surface area contributed by atoms with Crippen LogP contribution in [0.25, 0.3) is 22.6 Å². The van der Waals surface area contributed by atoms with Crippen molar-refractivity contribution >= 4 is 11.9 Å². The molecule has 0 radical (unpaired) electrons. The lowest BCUT2D eigenvalue weighted by atomic mass is 10.0. The number of anilines is 1. The summed E-state index contributed by atoms with van der Waals surface area (Å²) in [5.74, 6) is 1.66. The minimum Gasteiger partial charge on any atom is -0.361 e. The predicted molar refractivity (Wildman–Crippen MR) is 124 cm³/mol. The average Bonchev–Trinajstić information content (AvgIpc) is 3.44. The number of amides is 1. The molecule has 0 aliphatic carbocycles. The second kappa shape index (κ2) is 9.23. The number of aromatic nitrogens is 4. The minimum absolute atomic E-state index is 0.271. The normalized spacial score (nSPS) is 10.9. The molecule has 4 aromatic rings. The van der Waals surface area contributed by atoms with E-state index in [0.29, 0.717) is 30.4 Å². The van der Waals surface area contributed by atoms with Gasteiger partial charge in [-0.2, -0.15) is 0 Å². The van der Waals surface area contributed by atoms with Gasteiger partial charge in [0.1, 0.15) is 5.76 Å². The number of carbonyl (C=O) groups is 1. The van der Waals surface area contributed by atoms with Gasteiger partial charge in [0, 0.05) is 50.5 Å². The van der Waals surface area contributed by atoms with Gasteiger partial charge >= 0.3 is 0 Å². The maximum atomic E-state index is 12.3. The quantitative estimate of drug-likeness (QED) is 0.454. The lowest BCUT2D eigenvalue weighted by Gasteiger charge is -2.14. The molecule has 0 fully saturated rings. The highest BCUT2D eigenvalue weighted by molar-refractivity contribution is 5.92. The van der Waals surface area contributed by atoms with Crippen molar-refractivity contribution in [2.45, 2.75) is 33.7 Å². The van der Waals surface area contributed by atoms with Crippen LogP contribution >= 0.6 is 0 Å². The molecule has 4 rings (SSSR count). The summed E-state index contributed by atoms with van der Waals surface area (Å²) in [6, 6.07) is 9.50. The number of nitrogens with one attached hydrogen (secondary N) is 1. The van der Waals surface area contributed by atoms with E-state index in [-0.39, 0.29) is 11.6 Å². The van der Waals surface area contributed by atoms with Crippen LogP contribution in [0.3, 0.4) is 0 Å². The van der Waals surface area contributed by atoms with Gasteiger partial charge in [-0.25, -0.2) is 9.97 Å². The first-order valence-corrected chi connectivity index (χ1v) is 10.7. The van der Waals surface area contributed by atoms with Crippen molar-refractivity contribution < 1.29 is 13.8 Å². The van der Waals surface area contributed by atoms with E-state index in [1.165, 1.54) is 0 Å². The van der Waals surface area contributed by atoms with Gasteiger partial charge in [-0.3, -0.25) is 4.79 Å². The maximum absolute atomic E-state index is 12.3. The van der Waals surface area contributed by atoms with Gasteiger partial charge in [-0.1, -0.05) is 41.5 Å². The smallest absolute Gasteiger partial charge is 0.273 e. The average molecular weight is 447 g/mol. The molecule has 1 N–H and O–H groups in total. The van der Waals surface area contributed by atoms with Crippen LogP contribution < -0.4 is 10.2 Å². The molecule has 0 saturated carbocycles. The van der Waals surface area contributed by atoms with E-state index in [9.17, 15) is 4.79 Å². The highest BCUT2D eigenvalue weighted by Gasteiger charge is 2.19. The fourth-order valence-electron chi connectivity index (χ4n) is 3.28. The number of aryl methyl sites for hydroxylation is 2. The van der Waals surface area contributed by atoms with Gasteiger partial charge in [0.05, 0.1) is 17.0 Å². The molecule has 0 atom stereocenters. The zero-order valence-corrected chi connectivity index (χ0v) is 19.3. The first kappa shape index (κ1) is 22.2. The third kappa shape index (κ3) is 4.62. The summed E-state index contributed by atoms with van der Waals surface area (Å²) in [7, 11) is 3.79. The van der Waals surface area contributed by atoms with Crippen molar-refractivity contribution in [1.29, 1.82) is 0 Å². The van der Waals surface area contributed by atoms with E-state index < -0.39 is 0 Å². The van der Waals surface area contributed by atoms with Crippen molar-refractivity contribution in [3.8, 4) is 22.6 Å². The molecule has 33 heavy (non-hydrogen) atoms. The van der Waals surface area contributed by atoms with Gasteiger partial charge in [-0.15, -0.1) is 0 Å². The molecule has 0 aliphatic rings. The summed E-state index contributed by atoms with van der Waals surface area (Å²) in [4.78, 5) is 23.4. The maximum Gasteiger partial charge on any atom is 0.273 e. The third-order valence-corrected chi connectivity index (χ3v) is 5.40. The standard InChI is InChI=1S/C24H26N6O3/c1-6-18-11-20(29-32-18)23(31)25-12-16-7-9-17(10-8-16)21-19(13-26-24(27-21)30(4)5)22-14(2)15(3)28-33-22/h7-11,13H,6,12H2,1-5H3,(H,25,31). The van der Waals surface area contributed by atoms with Crippen LogP contribution in [0.5, 0.6) is 0 Å². The monoisotopic (exact) mass is 446 g/mol. The van der Waals surface area contributed by atoms with Crippen LogP contribution in [0.1, 0.15) is 40.0 Å². The zero-order valence-electron chi connectivity index (χ0n) is 19.3. The molecule has 0 saturated heterocycles. The fourth-order valence-corrected chi connectivity index (χ4v) is 3.28. The molecule has 9 nitrogen and oxygen atoms in total. The van der Waals surface area contributed by atoms with E-state index in [4.69, 9.17) is 14.0 Å². The first-order chi connectivity index (χ1) is 15.9. The molecular formula is C24H26N6O3. The van der Waals surface area contributed by atoms with Crippen LogP contribution in [0.2, 0.25) is 0 Å². The van der Waals surface area contributed by atoms with Crippen LogP contribution in [0.4, 0.5) is 5.95 Å². The summed E-state index contributed by atoms with van der Waals surface area (Å²) in [6.07, 6.45) is 2.46. The molecule has 0 aliphatic heterocycles. The molecule has 1 amide bonds. The summed E-state index contributed by atoms with van der Waals surface area (Å²) in [6.45, 7) is 6.18. The Hall–Kier alpha value is -4.01. The van der Waals surface area contributed by atoms with E-state index >= 15 is 0 Å². The van der Waals surface area contributed by atoms with E-state index in [1.807, 2.05) is 64.0 Å². The third-order valence-electron chi connectivity index (χ3n) is 5.40. The lowest BCUT2D eigenvalue weighted by Crippen LogP contribution is -2.23. The number of hydrogen-bond donors (Lipinski definition) is 1. The number of hydrogen-bond acceptors (Lipinski definition) is 8. The Balaban J connectivity index is 1.58. The lowest BCUT2D eigenvalue weighted by molar-refractivity contribution is 0.0941. The van der Waals surface area contributed by atoms with E-state index in [1.54, 1.807) is 12.3 Å². The minimum atomic E-state index is -0.271. The molecule has 0 unspecified atom stereocenters. The van der Waals surface area contributed by atoms with Crippen molar-refractivity contribution in [3.05, 3.63) is 64.8 Å². The summed E-state index contributed by atoms with van der Waals surface area (Å²) >= 11 is 0. The molecule has 0 spiro atoms. The summed E-state index contributed by atoms with van der Waals surface area (Å²) < 4.78 is 10.7. The van der Waals surface area contributed by atoms with Gasteiger partial charge < -0.3 is 19.3 Å². The zero-order chi connectivity index (χ0) is 23.5. The van der Waals surface area contributed by atoms with Crippen molar-refractivity contribution in [2.75, 3.05) is 19.0 Å². The van der Waals surface area contributed by atoms with Crippen molar-refractivity contribution in [3.63, 3.8) is 0 Å². The molecular weight excluding hydrogens is 420 g/mol. The van der Waals surface area contributed by atoms with Gasteiger partial charge in [-0.05, 0) is 19.4 Å². The molecule has 0 bridgehead atoms. The Morgan fingerprint density at radius 1 is 1.09 bits per heavy atom. The summed E-state index contributed by atoms with van der Waals surface area (Å²) in [5, 5.41) is 10.7. The molecule has 170 valence electrons. The van der Waals surface area contributed by atoms with Crippen molar-refractivity contribution in [1.82, 2.24) is 25.6 Å². The first-order valence-electron chi connectivity index (χ1n) is 10.7. The topological polar surface area (TPSA) is 110 Å². The highest BCUT2D eigenvalue weighted by atomic mass is 16.5. The summed E-state index contributed by atoms with van der Waals surface area (Å²) in [5.41, 5.74) is 5.44. The second-order valence-corrected chi connectivity index (χ2v) is 7.96. The van der Waals surface area contributed by atoms with E-state index in [2.05, 4.69) is 20.6 Å². The van der Waals surface area contributed by atoms with Gasteiger partial charge in [0.2, 0.25) is 5.95 Å². The fraction of sp³-hybridized carbons (Fsp3) is 0.292. The van der Waals surface area contributed by atoms with Crippen LogP contribution in [-0.2, 0) is 13.0 Å². The van der Waals surface area contributed by atoms with Crippen LogP contribution in [0.15, 0.2) is 45.6 Å². The number of carbonyl (C=O) groups excluding carboxylic acids is 1. The van der Waals surface area contributed by atoms with Crippen LogP contribution in [0, 0.1) is 13.8 Å². The van der Waals surface area contributed by atoms with Gasteiger partial charge in [0.15, 0.2) is 11.5 Å². The Morgan fingerprint density at radius 2 is 1.85 bits per heavy atom. The molecule has 1 aromatic carbocycles. The Labute approximate surface area is 191 Å². The largest absolute Gasteiger partial charge is 0.361 e. The Kier molecular flexibility index (Phi) is 6.21.